The molecule has 1 fully saturated rings. The van der Waals surface area contributed by atoms with Crippen molar-refractivity contribution in [2.75, 3.05) is 32.5 Å². The number of rotatable bonds is 7. The largest absolute Gasteiger partial charge is 0.382 e. The molecule has 0 aliphatic heterocycles. The van der Waals surface area contributed by atoms with E-state index in [2.05, 4.69) is 29.4 Å². The van der Waals surface area contributed by atoms with Crippen LogP contribution < -0.4 is 10.9 Å². The zero-order chi connectivity index (χ0) is 18.6. The smallest absolute Gasteiger partial charge is 0.287 e. The Labute approximate surface area is 160 Å². The van der Waals surface area contributed by atoms with Gasteiger partial charge in [-0.3, -0.25) is 4.79 Å². The van der Waals surface area contributed by atoms with E-state index in [1.165, 1.54) is 30.4 Å². The van der Waals surface area contributed by atoms with Crippen LogP contribution in [0.5, 0.6) is 0 Å². The molecule has 140 valence electrons. The van der Waals surface area contributed by atoms with Crippen LogP contribution in [-0.4, -0.2) is 41.9 Å². The summed E-state index contributed by atoms with van der Waals surface area (Å²) >= 11 is 6.35. The maximum absolute atomic E-state index is 12.6. The predicted molar refractivity (Wildman–Crippen MR) is 107 cm³/mol. The summed E-state index contributed by atoms with van der Waals surface area (Å²) in [5.41, 5.74) is 1.64. The molecule has 0 radical (unpaired) electrons. The lowest BCUT2D eigenvalue weighted by atomic mass is 9.85. The molecule has 1 aliphatic rings. The molecule has 0 atom stereocenters. The van der Waals surface area contributed by atoms with Crippen LogP contribution in [0, 0.1) is 5.41 Å². The number of nitrogens with one attached hydrogen (secondary N) is 1. The van der Waals surface area contributed by atoms with Crippen LogP contribution in [0.4, 0.5) is 5.69 Å². The monoisotopic (exact) mass is 374 g/mol. The fraction of sp³-hybridized carbons (Fsp3) is 0.500. The molecule has 1 aromatic carbocycles. The van der Waals surface area contributed by atoms with Gasteiger partial charge in [0.05, 0.1) is 18.4 Å². The maximum Gasteiger partial charge on any atom is 0.287 e. The Hall–Kier alpha value is -1.85. The molecular weight excluding hydrogens is 348 g/mol. The molecule has 0 bridgehead atoms. The van der Waals surface area contributed by atoms with Crippen molar-refractivity contribution >= 4 is 17.3 Å². The fourth-order valence-corrected chi connectivity index (χ4v) is 4.14. The molecule has 5 nitrogen and oxygen atoms in total. The topological polar surface area (TPSA) is 50.2 Å². The van der Waals surface area contributed by atoms with Crippen LogP contribution in [0.3, 0.4) is 0 Å². The molecular formula is C20H27ClN4O. The third kappa shape index (κ3) is 4.46. The van der Waals surface area contributed by atoms with E-state index in [9.17, 15) is 4.79 Å². The Kier molecular flexibility index (Phi) is 5.99. The lowest BCUT2D eigenvalue weighted by molar-refractivity contribution is 0.215. The van der Waals surface area contributed by atoms with E-state index in [4.69, 9.17) is 11.6 Å². The van der Waals surface area contributed by atoms with E-state index >= 15 is 0 Å². The van der Waals surface area contributed by atoms with Crippen LogP contribution in [-0.2, 0) is 6.54 Å². The van der Waals surface area contributed by atoms with Gasteiger partial charge >= 0.3 is 0 Å². The van der Waals surface area contributed by atoms with E-state index < -0.39 is 0 Å². The number of halogens is 1. The summed E-state index contributed by atoms with van der Waals surface area (Å²) in [5.74, 6) is 0. The van der Waals surface area contributed by atoms with Gasteiger partial charge in [0.15, 0.2) is 0 Å². The van der Waals surface area contributed by atoms with Crippen LogP contribution >= 0.6 is 11.6 Å². The molecule has 1 aliphatic carbocycles. The average molecular weight is 375 g/mol. The first-order valence-electron chi connectivity index (χ1n) is 9.17. The molecule has 6 heteroatoms. The van der Waals surface area contributed by atoms with Gasteiger partial charge in [0.2, 0.25) is 0 Å². The quantitative estimate of drug-likeness (QED) is 0.806. The maximum atomic E-state index is 12.6. The van der Waals surface area contributed by atoms with Gasteiger partial charge in [0.25, 0.3) is 5.56 Å². The van der Waals surface area contributed by atoms with Crippen molar-refractivity contribution in [1.29, 1.82) is 0 Å². The number of nitrogens with zero attached hydrogens (tertiary/aromatic N) is 3. The van der Waals surface area contributed by atoms with Crippen LogP contribution in [0.1, 0.15) is 31.2 Å². The van der Waals surface area contributed by atoms with E-state index in [-0.39, 0.29) is 16.0 Å². The molecule has 1 aromatic heterocycles. The van der Waals surface area contributed by atoms with Crippen molar-refractivity contribution in [3.05, 3.63) is 57.5 Å². The zero-order valence-corrected chi connectivity index (χ0v) is 16.3. The van der Waals surface area contributed by atoms with Crippen molar-refractivity contribution in [3.63, 3.8) is 0 Å². The standard InChI is InChI=1S/C20H27ClN4O/c1-24(2)15-20(10-6-7-11-20)14-22-17-12-23-25(19(26)18(17)21)13-16-8-4-3-5-9-16/h3-5,8-9,12,22H,6-7,10-11,13-15H2,1-2H3. The van der Waals surface area contributed by atoms with Crippen molar-refractivity contribution in [3.8, 4) is 0 Å². The lowest BCUT2D eigenvalue weighted by Crippen LogP contribution is -2.37. The van der Waals surface area contributed by atoms with Gasteiger partial charge < -0.3 is 10.2 Å². The van der Waals surface area contributed by atoms with Crippen LogP contribution in [0.2, 0.25) is 5.02 Å². The minimum atomic E-state index is -0.256. The first-order chi connectivity index (χ1) is 12.5. The molecule has 0 saturated heterocycles. The second kappa shape index (κ2) is 8.23. The van der Waals surface area contributed by atoms with Gasteiger partial charge in [-0.05, 0) is 32.5 Å². The molecule has 26 heavy (non-hydrogen) atoms. The SMILES string of the molecule is CN(C)CC1(CNc2cnn(Cc3ccccc3)c(=O)c2Cl)CCCC1. The summed E-state index contributed by atoms with van der Waals surface area (Å²) in [6.07, 6.45) is 6.61. The van der Waals surface area contributed by atoms with E-state index in [0.29, 0.717) is 12.2 Å². The van der Waals surface area contributed by atoms with Gasteiger partial charge in [-0.15, -0.1) is 0 Å². The fourth-order valence-electron chi connectivity index (χ4n) is 3.93. The summed E-state index contributed by atoms with van der Waals surface area (Å²) < 4.78 is 1.41. The summed E-state index contributed by atoms with van der Waals surface area (Å²) in [5, 5.41) is 7.93. The van der Waals surface area contributed by atoms with Gasteiger partial charge in [0, 0.05) is 18.5 Å². The summed E-state index contributed by atoms with van der Waals surface area (Å²) in [4.78, 5) is 14.8. The normalized spacial score (nSPS) is 16.2. The van der Waals surface area contributed by atoms with Gasteiger partial charge in [-0.1, -0.05) is 54.8 Å². The first kappa shape index (κ1) is 18.9. The predicted octanol–water partition coefficient (Wildman–Crippen LogP) is 3.48. The molecule has 0 unspecified atom stereocenters. The minimum absolute atomic E-state index is 0.217. The molecule has 1 N–H and O–H groups in total. The second-order valence-electron chi connectivity index (χ2n) is 7.62. The highest BCUT2D eigenvalue weighted by Gasteiger charge is 2.34. The average Bonchev–Trinajstić information content (AvgIpc) is 3.07. The van der Waals surface area contributed by atoms with E-state index in [0.717, 1.165) is 18.7 Å². The van der Waals surface area contributed by atoms with Crippen molar-refractivity contribution < 1.29 is 0 Å². The van der Waals surface area contributed by atoms with Crippen LogP contribution in [0.25, 0.3) is 0 Å². The zero-order valence-electron chi connectivity index (χ0n) is 15.5. The number of benzene rings is 1. The molecule has 1 heterocycles. The van der Waals surface area contributed by atoms with E-state index in [1.54, 1.807) is 6.20 Å². The Morgan fingerprint density at radius 2 is 1.92 bits per heavy atom. The Morgan fingerprint density at radius 3 is 2.58 bits per heavy atom. The summed E-state index contributed by atoms with van der Waals surface area (Å²) in [6.45, 7) is 2.27. The highest BCUT2D eigenvalue weighted by atomic mass is 35.5. The third-order valence-corrected chi connectivity index (χ3v) is 5.50. The van der Waals surface area contributed by atoms with Gasteiger partial charge in [0.1, 0.15) is 5.02 Å². The molecule has 0 spiro atoms. The van der Waals surface area contributed by atoms with Crippen molar-refractivity contribution in [2.45, 2.75) is 32.2 Å². The summed E-state index contributed by atoms with van der Waals surface area (Å²) in [6, 6.07) is 9.79. The van der Waals surface area contributed by atoms with Crippen LogP contribution in [0.15, 0.2) is 41.3 Å². The molecule has 1 saturated carbocycles. The first-order valence-corrected chi connectivity index (χ1v) is 9.55. The van der Waals surface area contributed by atoms with Gasteiger partial charge in [-0.2, -0.15) is 5.10 Å². The minimum Gasteiger partial charge on any atom is -0.382 e. The molecule has 0 amide bonds. The third-order valence-electron chi connectivity index (χ3n) is 5.13. The molecule has 3 rings (SSSR count). The van der Waals surface area contributed by atoms with E-state index in [1.807, 2.05) is 30.3 Å². The van der Waals surface area contributed by atoms with Crippen molar-refractivity contribution in [1.82, 2.24) is 14.7 Å². The van der Waals surface area contributed by atoms with Gasteiger partial charge in [-0.25, -0.2) is 4.68 Å². The Bertz CT molecular complexity index is 782. The van der Waals surface area contributed by atoms with Crippen molar-refractivity contribution in [2.24, 2.45) is 5.41 Å². The Morgan fingerprint density at radius 1 is 1.23 bits per heavy atom. The highest BCUT2D eigenvalue weighted by Crippen LogP contribution is 2.38. The summed E-state index contributed by atoms with van der Waals surface area (Å²) in [7, 11) is 4.22. The second-order valence-corrected chi connectivity index (χ2v) is 8.00. The highest BCUT2D eigenvalue weighted by molar-refractivity contribution is 6.32. The Balaban J connectivity index is 1.73. The number of anilines is 1. The molecule has 2 aromatic rings. The number of hydrogen-bond acceptors (Lipinski definition) is 4. The lowest BCUT2D eigenvalue weighted by Gasteiger charge is -2.32. The number of hydrogen-bond donors (Lipinski definition) is 1. The number of aromatic nitrogens is 2.